The Bertz CT molecular complexity index is 882. The fraction of sp³-hybridized carbons (Fsp3) is 0.118. The minimum absolute atomic E-state index is 0.615. The summed E-state index contributed by atoms with van der Waals surface area (Å²) in [7, 11) is 0. The Kier molecular flexibility index (Phi) is 3.32. The van der Waals surface area contributed by atoms with Crippen molar-refractivity contribution >= 4 is 46.1 Å². The molecule has 1 aliphatic heterocycles. The highest BCUT2D eigenvalue weighted by atomic mass is 35.5. The van der Waals surface area contributed by atoms with E-state index in [4.69, 9.17) is 27.9 Å². The van der Waals surface area contributed by atoms with Gasteiger partial charge in [0.2, 0.25) is 0 Å². The van der Waals surface area contributed by atoms with Crippen LogP contribution in [-0.4, -0.2) is 16.2 Å². The molecule has 0 bridgehead atoms. The lowest BCUT2D eigenvalue weighted by Crippen LogP contribution is -2.15. The summed E-state index contributed by atoms with van der Waals surface area (Å²) in [6, 6.07) is 13.4. The standard InChI is InChI=1S/C17H12Cl2N2O/c18-12-3-1-11(2-4-12)9-16-17-20-14-6-5-13(19)10-15(14)21(17)7-8-22-16/h1-6,9-10H,7-8H2/b16-9-. The fourth-order valence-corrected chi connectivity index (χ4v) is 2.93. The quantitative estimate of drug-likeness (QED) is 0.636. The van der Waals surface area contributed by atoms with Gasteiger partial charge in [-0.1, -0.05) is 35.3 Å². The van der Waals surface area contributed by atoms with Crippen LogP contribution in [0.25, 0.3) is 22.9 Å². The zero-order chi connectivity index (χ0) is 15.1. The van der Waals surface area contributed by atoms with Gasteiger partial charge in [-0.2, -0.15) is 0 Å². The fourth-order valence-electron chi connectivity index (χ4n) is 2.64. The SMILES string of the molecule is Clc1ccc(/C=C2\OCCn3c2nc2ccc(Cl)cc23)cc1. The summed E-state index contributed by atoms with van der Waals surface area (Å²) >= 11 is 12.0. The second-order valence-corrected chi connectivity index (χ2v) is 6.00. The summed E-state index contributed by atoms with van der Waals surface area (Å²) < 4.78 is 7.96. The number of aromatic nitrogens is 2. The van der Waals surface area contributed by atoms with E-state index in [-0.39, 0.29) is 0 Å². The van der Waals surface area contributed by atoms with Gasteiger partial charge in [0, 0.05) is 10.0 Å². The van der Waals surface area contributed by atoms with Gasteiger partial charge in [-0.05, 0) is 42.0 Å². The third kappa shape index (κ3) is 2.36. The molecular weight excluding hydrogens is 319 g/mol. The van der Waals surface area contributed by atoms with Crippen molar-refractivity contribution in [3.8, 4) is 0 Å². The number of benzene rings is 2. The van der Waals surface area contributed by atoms with E-state index in [2.05, 4.69) is 9.55 Å². The van der Waals surface area contributed by atoms with Crippen LogP contribution in [0, 0.1) is 0 Å². The van der Waals surface area contributed by atoms with E-state index in [1.54, 1.807) is 0 Å². The third-order valence-electron chi connectivity index (χ3n) is 3.67. The van der Waals surface area contributed by atoms with Crippen LogP contribution >= 0.6 is 23.2 Å². The van der Waals surface area contributed by atoms with Crippen molar-refractivity contribution in [3.63, 3.8) is 0 Å². The molecule has 1 aliphatic rings. The zero-order valence-electron chi connectivity index (χ0n) is 11.6. The molecule has 3 aromatic rings. The van der Waals surface area contributed by atoms with Crippen LogP contribution < -0.4 is 0 Å². The van der Waals surface area contributed by atoms with E-state index in [0.29, 0.717) is 16.7 Å². The van der Waals surface area contributed by atoms with Crippen molar-refractivity contribution in [3.05, 3.63) is 63.9 Å². The molecular formula is C17H12Cl2N2O. The van der Waals surface area contributed by atoms with Crippen molar-refractivity contribution < 1.29 is 4.74 Å². The van der Waals surface area contributed by atoms with E-state index in [1.807, 2.05) is 48.5 Å². The summed E-state index contributed by atoms with van der Waals surface area (Å²) in [5.41, 5.74) is 2.98. The zero-order valence-corrected chi connectivity index (χ0v) is 13.1. The average Bonchev–Trinajstić information content (AvgIpc) is 2.89. The first kappa shape index (κ1) is 13.7. The Morgan fingerprint density at radius 1 is 1.05 bits per heavy atom. The summed E-state index contributed by atoms with van der Waals surface area (Å²) in [4.78, 5) is 4.67. The molecule has 0 spiro atoms. The summed E-state index contributed by atoms with van der Waals surface area (Å²) in [6.07, 6.45) is 1.98. The molecule has 0 saturated heterocycles. The number of halogens is 2. The Morgan fingerprint density at radius 2 is 1.82 bits per heavy atom. The van der Waals surface area contributed by atoms with Gasteiger partial charge >= 0.3 is 0 Å². The number of imidazole rings is 1. The number of hydrogen-bond acceptors (Lipinski definition) is 2. The first-order chi connectivity index (χ1) is 10.7. The van der Waals surface area contributed by atoms with Gasteiger partial charge in [0.05, 0.1) is 17.6 Å². The van der Waals surface area contributed by atoms with E-state index < -0.39 is 0 Å². The Labute approximate surface area is 137 Å². The predicted molar refractivity (Wildman–Crippen MR) is 90.0 cm³/mol. The molecule has 0 atom stereocenters. The van der Waals surface area contributed by atoms with Crippen LogP contribution in [0.2, 0.25) is 10.0 Å². The van der Waals surface area contributed by atoms with Crippen molar-refractivity contribution in [1.82, 2.24) is 9.55 Å². The van der Waals surface area contributed by atoms with Gasteiger partial charge in [0.15, 0.2) is 11.6 Å². The number of nitrogens with zero attached hydrogens (tertiary/aromatic N) is 2. The minimum Gasteiger partial charge on any atom is -0.488 e. The van der Waals surface area contributed by atoms with Crippen molar-refractivity contribution in [1.29, 1.82) is 0 Å². The summed E-state index contributed by atoms with van der Waals surface area (Å²) in [5, 5.41) is 1.43. The van der Waals surface area contributed by atoms with Gasteiger partial charge in [-0.25, -0.2) is 4.98 Å². The molecule has 5 heteroatoms. The van der Waals surface area contributed by atoms with E-state index in [1.165, 1.54) is 0 Å². The highest BCUT2D eigenvalue weighted by Gasteiger charge is 2.20. The molecule has 0 fully saturated rings. The molecule has 0 saturated carbocycles. The van der Waals surface area contributed by atoms with E-state index in [9.17, 15) is 0 Å². The molecule has 1 aromatic heterocycles. The molecule has 0 unspecified atom stereocenters. The van der Waals surface area contributed by atoms with Crippen LogP contribution in [0.1, 0.15) is 11.4 Å². The lowest BCUT2D eigenvalue weighted by atomic mass is 10.2. The summed E-state index contributed by atoms with van der Waals surface area (Å²) in [6.45, 7) is 1.38. The Hall–Kier alpha value is -1.97. The molecule has 2 heterocycles. The highest BCUT2D eigenvalue weighted by molar-refractivity contribution is 6.31. The predicted octanol–water partition coefficient (Wildman–Crippen LogP) is 4.87. The van der Waals surface area contributed by atoms with E-state index >= 15 is 0 Å². The molecule has 0 amide bonds. The number of ether oxygens (including phenoxy) is 1. The Balaban J connectivity index is 1.85. The lowest BCUT2D eigenvalue weighted by Gasteiger charge is -2.19. The summed E-state index contributed by atoms with van der Waals surface area (Å²) in [5.74, 6) is 1.60. The van der Waals surface area contributed by atoms with Crippen LogP contribution in [0.5, 0.6) is 0 Å². The van der Waals surface area contributed by atoms with Gasteiger partial charge in [-0.3, -0.25) is 0 Å². The molecule has 3 nitrogen and oxygen atoms in total. The van der Waals surface area contributed by atoms with Gasteiger partial charge in [-0.15, -0.1) is 0 Å². The lowest BCUT2D eigenvalue weighted by molar-refractivity contribution is 0.239. The van der Waals surface area contributed by atoms with Crippen molar-refractivity contribution in [2.24, 2.45) is 0 Å². The topological polar surface area (TPSA) is 27.1 Å². The first-order valence-electron chi connectivity index (χ1n) is 6.97. The van der Waals surface area contributed by atoms with Crippen LogP contribution in [0.3, 0.4) is 0 Å². The third-order valence-corrected chi connectivity index (χ3v) is 4.16. The van der Waals surface area contributed by atoms with Gasteiger partial charge in [0.1, 0.15) is 6.61 Å². The largest absolute Gasteiger partial charge is 0.488 e. The van der Waals surface area contributed by atoms with Gasteiger partial charge in [0.25, 0.3) is 0 Å². The molecule has 0 radical (unpaired) electrons. The minimum atomic E-state index is 0.615. The van der Waals surface area contributed by atoms with Crippen molar-refractivity contribution in [2.45, 2.75) is 6.54 Å². The molecule has 2 aromatic carbocycles. The molecule has 4 rings (SSSR count). The first-order valence-corrected chi connectivity index (χ1v) is 7.72. The molecule has 110 valence electrons. The number of rotatable bonds is 1. The average molecular weight is 331 g/mol. The highest BCUT2D eigenvalue weighted by Crippen LogP contribution is 2.29. The monoisotopic (exact) mass is 330 g/mol. The molecule has 0 N–H and O–H groups in total. The maximum Gasteiger partial charge on any atom is 0.176 e. The number of fused-ring (bicyclic) bond motifs is 3. The second kappa shape index (κ2) is 5.34. The smallest absolute Gasteiger partial charge is 0.176 e. The van der Waals surface area contributed by atoms with Crippen LogP contribution in [-0.2, 0) is 11.3 Å². The van der Waals surface area contributed by atoms with E-state index in [0.717, 1.165) is 34.7 Å². The normalized spacial score (nSPS) is 15.8. The maximum atomic E-state index is 6.10. The van der Waals surface area contributed by atoms with Crippen molar-refractivity contribution in [2.75, 3.05) is 6.61 Å². The van der Waals surface area contributed by atoms with Gasteiger partial charge < -0.3 is 9.30 Å². The second-order valence-electron chi connectivity index (χ2n) is 5.13. The molecule has 0 aliphatic carbocycles. The van der Waals surface area contributed by atoms with Crippen LogP contribution in [0.4, 0.5) is 0 Å². The maximum absolute atomic E-state index is 6.10. The number of hydrogen-bond donors (Lipinski definition) is 0. The Morgan fingerprint density at radius 3 is 2.64 bits per heavy atom. The molecule has 22 heavy (non-hydrogen) atoms. The van der Waals surface area contributed by atoms with Crippen LogP contribution in [0.15, 0.2) is 42.5 Å².